The predicted octanol–water partition coefficient (Wildman–Crippen LogP) is 2.39. The van der Waals surface area contributed by atoms with Crippen LogP contribution in [0.4, 0.5) is 4.79 Å². The van der Waals surface area contributed by atoms with Crippen molar-refractivity contribution in [3.8, 4) is 11.4 Å². The molecule has 2 heterocycles. The smallest absolute Gasteiger partial charge is 0.321 e. The van der Waals surface area contributed by atoms with E-state index in [2.05, 4.69) is 32.4 Å². The molecule has 1 aliphatic rings. The zero-order valence-corrected chi connectivity index (χ0v) is 15.7. The fraction of sp³-hybridized carbons (Fsp3) is 0.389. The van der Waals surface area contributed by atoms with Gasteiger partial charge in [-0.05, 0) is 25.0 Å². The molecule has 1 fully saturated rings. The van der Waals surface area contributed by atoms with Crippen molar-refractivity contribution in [1.82, 2.24) is 30.4 Å². The van der Waals surface area contributed by atoms with Gasteiger partial charge in [-0.15, -0.1) is 16.8 Å². The van der Waals surface area contributed by atoms with Crippen LogP contribution in [0.25, 0.3) is 11.4 Å². The van der Waals surface area contributed by atoms with Crippen LogP contribution in [0.2, 0.25) is 0 Å². The molecule has 2 aromatic rings. The number of rotatable bonds is 7. The van der Waals surface area contributed by atoms with Gasteiger partial charge in [0.25, 0.3) is 0 Å². The minimum absolute atomic E-state index is 0.0731. The minimum atomic E-state index is -0.433. The summed E-state index contributed by atoms with van der Waals surface area (Å²) in [5.74, 6) is 0.386. The molecule has 1 aliphatic carbocycles. The second kappa shape index (κ2) is 9.31. The van der Waals surface area contributed by atoms with E-state index in [1.165, 1.54) is 11.8 Å². The van der Waals surface area contributed by atoms with Crippen molar-refractivity contribution in [3.05, 3.63) is 37.2 Å². The highest BCUT2D eigenvalue weighted by Gasteiger charge is 2.19. The number of nitrogens with one attached hydrogen (secondary N) is 2. The number of pyridine rings is 1. The van der Waals surface area contributed by atoms with Crippen LogP contribution in [0.15, 0.2) is 42.3 Å². The summed E-state index contributed by atoms with van der Waals surface area (Å²) < 4.78 is 1.87. The fourth-order valence-electron chi connectivity index (χ4n) is 2.99. The van der Waals surface area contributed by atoms with E-state index < -0.39 is 6.03 Å². The Kier molecular flexibility index (Phi) is 6.59. The molecule has 0 spiro atoms. The van der Waals surface area contributed by atoms with Crippen molar-refractivity contribution < 1.29 is 9.59 Å². The van der Waals surface area contributed by atoms with Gasteiger partial charge in [0.05, 0.1) is 5.75 Å². The standard InChI is InChI=1S/C18H22N6O2S/c1-2-11-24-16(13-7-9-19-10-8-13)22-23-18(24)27-12-15(25)21-17(26)20-14-5-3-4-6-14/h2,7-10,14H,1,3-6,11-12H2,(H2,20,21,25,26). The number of urea groups is 1. The summed E-state index contributed by atoms with van der Waals surface area (Å²) in [5.41, 5.74) is 0.881. The van der Waals surface area contributed by atoms with Gasteiger partial charge in [-0.1, -0.05) is 30.7 Å². The summed E-state index contributed by atoms with van der Waals surface area (Å²) in [4.78, 5) is 27.9. The summed E-state index contributed by atoms with van der Waals surface area (Å²) in [7, 11) is 0. The number of imide groups is 1. The maximum atomic E-state index is 12.1. The van der Waals surface area contributed by atoms with E-state index in [0.717, 1.165) is 31.2 Å². The van der Waals surface area contributed by atoms with Gasteiger partial charge in [0, 0.05) is 30.5 Å². The molecule has 8 nitrogen and oxygen atoms in total. The Morgan fingerprint density at radius 2 is 2.00 bits per heavy atom. The number of nitrogens with zero attached hydrogens (tertiary/aromatic N) is 4. The number of thioether (sulfide) groups is 1. The van der Waals surface area contributed by atoms with E-state index in [1.54, 1.807) is 18.5 Å². The quantitative estimate of drug-likeness (QED) is 0.560. The summed E-state index contributed by atoms with van der Waals surface area (Å²) in [6.45, 7) is 4.28. The SMILES string of the molecule is C=CCn1c(SCC(=O)NC(=O)NC2CCCC2)nnc1-c1ccncc1. The number of hydrogen-bond acceptors (Lipinski definition) is 6. The Balaban J connectivity index is 1.58. The van der Waals surface area contributed by atoms with Crippen LogP contribution in [0.5, 0.6) is 0 Å². The van der Waals surface area contributed by atoms with Crippen LogP contribution < -0.4 is 10.6 Å². The number of carbonyl (C=O) groups excluding carboxylic acids is 2. The molecule has 0 atom stereocenters. The van der Waals surface area contributed by atoms with E-state index >= 15 is 0 Å². The third-order valence-electron chi connectivity index (χ3n) is 4.24. The van der Waals surface area contributed by atoms with Gasteiger partial charge in [0.1, 0.15) is 0 Å². The van der Waals surface area contributed by atoms with Gasteiger partial charge in [0.15, 0.2) is 11.0 Å². The number of hydrogen-bond donors (Lipinski definition) is 2. The van der Waals surface area contributed by atoms with Crippen LogP contribution in [0.1, 0.15) is 25.7 Å². The van der Waals surface area contributed by atoms with E-state index in [0.29, 0.717) is 17.5 Å². The molecule has 9 heteroatoms. The van der Waals surface area contributed by atoms with Crippen LogP contribution >= 0.6 is 11.8 Å². The van der Waals surface area contributed by atoms with Gasteiger partial charge >= 0.3 is 6.03 Å². The van der Waals surface area contributed by atoms with E-state index in [1.807, 2.05) is 16.7 Å². The van der Waals surface area contributed by atoms with Crippen LogP contribution in [0, 0.1) is 0 Å². The Morgan fingerprint density at radius 1 is 1.26 bits per heavy atom. The molecule has 0 saturated heterocycles. The molecule has 0 aliphatic heterocycles. The van der Waals surface area contributed by atoms with Crippen molar-refractivity contribution in [1.29, 1.82) is 0 Å². The third kappa shape index (κ3) is 5.16. The van der Waals surface area contributed by atoms with Crippen LogP contribution in [-0.4, -0.2) is 43.5 Å². The first-order chi connectivity index (χ1) is 13.2. The van der Waals surface area contributed by atoms with Gasteiger partial charge < -0.3 is 5.32 Å². The first-order valence-electron chi connectivity index (χ1n) is 8.85. The van der Waals surface area contributed by atoms with Crippen LogP contribution in [0.3, 0.4) is 0 Å². The molecule has 2 aromatic heterocycles. The Morgan fingerprint density at radius 3 is 2.70 bits per heavy atom. The van der Waals surface area contributed by atoms with Gasteiger partial charge in [-0.25, -0.2) is 4.79 Å². The molecule has 1 saturated carbocycles. The third-order valence-corrected chi connectivity index (χ3v) is 5.21. The maximum absolute atomic E-state index is 12.1. The lowest BCUT2D eigenvalue weighted by molar-refractivity contribution is -0.117. The topological polar surface area (TPSA) is 102 Å². The normalized spacial score (nSPS) is 14.1. The van der Waals surface area contributed by atoms with E-state index in [-0.39, 0.29) is 17.7 Å². The minimum Gasteiger partial charge on any atom is -0.335 e. The van der Waals surface area contributed by atoms with Crippen molar-refractivity contribution >= 4 is 23.7 Å². The number of amides is 3. The Hall–Kier alpha value is -2.68. The lowest BCUT2D eigenvalue weighted by Crippen LogP contribution is -2.44. The molecule has 0 unspecified atom stereocenters. The number of allylic oxidation sites excluding steroid dienone is 1. The van der Waals surface area contributed by atoms with Gasteiger partial charge in [-0.3, -0.25) is 19.7 Å². The highest BCUT2D eigenvalue weighted by atomic mass is 32.2. The van der Waals surface area contributed by atoms with Gasteiger partial charge in [-0.2, -0.15) is 0 Å². The van der Waals surface area contributed by atoms with Gasteiger partial charge in [0.2, 0.25) is 5.91 Å². The molecular formula is C18H22N6O2S. The molecule has 3 amide bonds. The van der Waals surface area contributed by atoms with Crippen molar-refractivity contribution in [2.75, 3.05) is 5.75 Å². The molecule has 27 heavy (non-hydrogen) atoms. The largest absolute Gasteiger partial charge is 0.335 e. The maximum Gasteiger partial charge on any atom is 0.321 e. The second-order valence-corrected chi connectivity index (χ2v) is 7.18. The highest BCUT2D eigenvalue weighted by Crippen LogP contribution is 2.23. The monoisotopic (exact) mass is 386 g/mol. The average Bonchev–Trinajstić information content (AvgIpc) is 3.31. The second-order valence-electron chi connectivity index (χ2n) is 6.23. The zero-order valence-electron chi connectivity index (χ0n) is 14.9. The summed E-state index contributed by atoms with van der Waals surface area (Å²) in [6, 6.07) is 3.43. The molecule has 2 N–H and O–H groups in total. The fourth-order valence-corrected chi connectivity index (χ4v) is 3.74. The van der Waals surface area contributed by atoms with E-state index in [4.69, 9.17) is 0 Å². The molecular weight excluding hydrogens is 364 g/mol. The first kappa shape index (κ1) is 19.1. The van der Waals surface area contributed by atoms with E-state index in [9.17, 15) is 9.59 Å². The first-order valence-corrected chi connectivity index (χ1v) is 9.83. The zero-order chi connectivity index (χ0) is 19.1. The molecule has 0 aromatic carbocycles. The highest BCUT2D eigenvalue weighted by molar-refractivity contribution is 7.99. The summed E-state index contributed by atoms with van der Waals surface area (Å²) in [5, 5.41) is 14.2. The average molecular weight is 386 g/mol. The van der Waals surface area contributed by atoms with Crippen molar-refractivity contribution in [2.24, 2.45) is 0 Å². The molecule has 0 bridgehead atoms. The number of carbonyl (C=O) groups is 2. The molecule has 3 rings (SSSR count). The Labute approximate surface area is 161 Å². The van der Waals surface area contributed by atoms with Crippen LogP contribution in [-0.2, 0) is 11.3 Å². The molecule has 142 valence electrons. The summed E-state index contributed by atoms with van der Waals surface area (Å²) >= 11 is 1.23. The lowest BCUT2D eigenvalue weighted by Gasteiger charge is -2.12. The van der Waals surface area contributed by atoms with Crippen molar-refractivity contribution in [2.45, 2.75) is 43.4 Å². The molecule has 0 radical (unpaired) electrons. The Bertz CT molecular complexity index is 801. The summed E-state index contributed by atoms with van der Waals surface area (Å²) in [6.07, 6.45) is 9.29. The van der Waals surface area contributed by atoms with Crippen molar-refractivity contribution in [3.63, 3.8) is 0 Å². The lowest BCUT2D eigenvalue weighted by atomic mass is 10.2. The number of aromatic nitrogens is 4. The predicted molar refractivity (Wildman–Crippen MR) is 103 cm³/mol.